The van der Waals surface area contributed by atoms with Crippen LogP contribution >= 0.6 is 0 Å². The molecular weight excluding hydrogens is 286 g/mol. The third-order valence-corrected chi connectivity index (χ3v) is 7.16. The highest BCUT2D eigenvalue weighted by molar-refractivity contribution is 5.80. The van der Waals surface area contributed by atoms with E-state index in [9.17, 15) is 0 Å². The van der Waals surface area contributed by atoms with Crippen molar-refractivity contribution in [1.82, 2.24) is 10.6 Å². The van der Waals surface area contributed by atoms with E-state index in [-0.39, 0.29) is 0 Å². The molecule has 23 heavy (non-hydrogen) atoms. The number of hydrogen-bond acceptors (Lipinski definition) is 2. The molecule has 4 aliphatic rings. The molecule has 3 unspecified atom stereocenters. The average molecular weight is 319 g/mol. The minimum absolute atomic E-state index is 0.403. The SMILES string of the molecule is CN=C(NC1CCC(C)CC1)NC1C2CCOC2C12CCCC2. The molecule has 0 aromatic rings. The molecule has 0 radical (unpaired) electrons. The third-order valence-electron chi connectivity index (χ3n) is 7.16. The molecule has 3 atom stereocenters. The Morgan fingerprint density at radius 1 is 1.04 bits per heavy atom. The van der Waals surface area contributed by atoms with Gasteiger partial charge in [0.25, 0.3) is 0 Å². The lowest BCUT2D eigenvalue weighted by atomic mass is 9.54. The van der Waals surface area contributed by atoms with Gasteiger partial charge >= 0.3 is 0 Å². The van der Waals surface area contributed by atoms with E-state index in [4.69, 9.17) is 4.74 Å². The second-order valence-corrected chi connectivity index (χ2v) is 8.48. The minimum atomic E-state index is 0.403. The van der Waals surface area contributed by atoms with Crippen LogP contribution in [-0.2, 0) is 4.74 Å². The second kappa shape index (κ2) is 6.27. The molecule has 4 fully saturated rings. The number of rotatable bonds is 2. The molecule has 4 heteroatoms. The monoisotopic (exact) mass is 319 g/mol. The number of fused-ring (bicyclic) bond motifs is 2. The van der Waals surface area contributed by atoms with Gasteiger partial charge in [-0.2, -0.15) is 0 Å². The van der Waals surface area contributed by atoms with E-state index >= 15 is 0 Å². The van der Waals surface area contributed by atoms with E-state index in [1.54, 1.807) is 0 Å². The van der Waals surface area contributed by atoms with Crippen LogP contribution in [0.3, 0.4) is 0 Å². The van der Waals surface area contributed by atoms with Crippen molar-refractivity contribution in [3.8, 4) is 0 Å². The van der Waals surface area contributed by atoms with Crippen molar-refractivity contribution in [2.45, 2.75) is 82.9 Å². The molecule has 1 heterocycles. The fourth-order valence-corrected chi connectivity index (χ4v) is 5.82. The quantitative estimate of drug-likeness (QED) is 0.607. The van der Waals surface area contributed by atoms with Crippen LogP contribution in [0.15, 0.2) is 4.99 Å². The first-order valence-electron chi connectivity index (χ1n) is 9.84. The van der Waals surface area contributed by atoms with Crippen molar-refractivity contribution in [2.75, 3.05) is 13.7 Å². The summed E-state index contributed by atoms with van der Waals surface area (Å²) in [6.07, 6.45) is 12.4. The Labute approximate surface area is 140 Å². The van der Waals surface area contributed by atoms with Gasteiger partial charge in [-0.05, 0) is 50.9 Å². The molecule has 130 valence electrons. The molecule has 0 aromatic carbocycles. The maximum atomic E-state index is 6.10. The Kier molecular flexibility index (Phi) is 4.29. The Bertz CT molecular complexity index is 450. The summed E-state index contributed by atoms with van der Waals surface area (Å²) < 4.78 is 6.10. The predicted octanol–water partition coefficient (Wildman–Crippen LogP) is 3.08. The van der Waals surface area contributed by atoms with Gasteiger partial charge in [0.1, 0.15) is 0 Å². The van der Waals surface area contributed by atoms with Crippen molar-refractivity contribution >= 4 is 5.96 Å². The van der Waals surface area contributed by atoms with E-state index in [2.05, 4.69) is 22.5 Å². The van der Waals surface area contributed by atoms with Crippen LogP contribution < -0.4 is 10.6 Å². The Hall–Kier alpha value is -0.770. The van der Waals surface area contributed by atoms with Crippen LogP contribution in [-0.4, -0.2) is 37.8 Å². The van der Waals surface area contributed by atoms with E-state index in [0.29, 0.717) is 29.5 Å². The standard InChI is InChI=1S/C19H33N3O/c1-13-5-7-14(8-6-13)21-18(20-2)22-16-15-9-12-23-17(15)19(16)10-3-4-11-19/h13-17H,3-12H2,1-2H3,(H2,20,21,22). The predicted molar refractivity (Wildman–Crippen MR) is 93.6 cm³/mol. The lowest BCUT2D eigenvalue weighted by molar-refractivity contribution is -0.125. The van der Waals surface area contributed by atoms with E-state index in [0.717, 1.165) is 18.5 Å². The van der Waals surface area contributed by atoms with Crippen LogP contribution in [0.1, 0.15) is 64.7 Å². The highest BCUT2D eigenvalue weighted by atomic mass is 16.5. The van der Waals surface area contributed by atoms with Gasteiger partial charge in [0.15, 0.2) is 5.96 Å². The lowest BCUT2D eigenvalue weighted by Crippen LogP contribution is -2.69. The zero-order valence-electron chi connectivity index (χ0n) is 14.8. The molecular formula is C19H33N3O. The summed E-state index contributed by atoms with van der Waals surface area (Å²) in [6, 6.07) is 1.18. The van der Waals surface area contributed by atoms with Gasteiger partial charge in [0, 0.05) is 37.1 Å². The van der Waals surface area contributed by atoms with Gasteiger partial charge < -0.3 is 15.4 Å². The lowest BCUT2D eigenvalue weighted by Gasteiger charge is -2.57. The molecule has 4 rings (SSSR count). The summed E-state index contributed by atoms with van der Waals surface area (Å²) in [4.78, 5) is 4.55. The van der Waals surface area contributed by atoms with Gasteiger partial charge in [-0.1, -0.05) is 19.8 Å². The fourth-order valence-electron chi connectivity index (χ4n) is 5.82. The van der Waals surface area contributed by atoms with Gasteiger partial charge in [-0.25, -0.2) is 0 Å². The van der Waals surface area contributed by atoms with E-state index in [1.165, 1.54) is 57.8 Å². The van der Waals surface area contributed by atoms with Crippen molar-refractivity contribution in [1.29, 1.82) is 0 Å². The van der Waals surface area contributed by atoms with Gasteiger partial charge in [0.2, 0.25) is 0 Å². The van der Waals surface area contributed by atoms with Crippen LogP contribution in [0.4, 0.5) is 0 Å². The fraction of sp³-hybridized carbons (Fsp3) is 0.947. The van der Waals surface area contributed by atoms with Crippen LogP contribution in [0, 0.1) is 17.3 Å². The maximum Gasteiger partial charge on any atom is 0.191 e. The van der Waals surface area contributed by atoms with Crippen LogP contribution in [0.5, 0.6) is 0 Å². The normalized spacial score (nSPS) is 42.3. The first kappa shape index (κ1) is 15.7. The molecule has 3 saturated carbocycles. The smallest absolute Gasteiger partial charge is 0.191 e. The van der Waals surface area contributed by atoms with Gasteiger partial charge in [-0.15, -0.1) is 0 Å². The molecule has 3 aliphatic carbocycles. The average Bonchev–Trinajstić information content (AvgIpc) is 3.21. The summed E-state index contributed by atoms with van der Waals surface area (Å²) >= 11 is 0. The third kappa shape index (κ3) is 2.67. The summed E-state index contributed by atoms with van der Waals surface area (Å²) in [5.74, 6) is 2.64. The first-order valence-corrected chi connectivity index (χ1v) is 9.84. The van der Waals surface area contributed by atoms with Crippen LogP contribution in [0.2, 0.25) is 0 Å². The molecule has 4 nitrogen and oxygen atoms in total. The van der Waals surface area contributed by atoms with Crippen molar-refractivity contribution in [3.63, 3.8) is 0 Å². The zero-order chi connectivity index (χ0) is 15.9. The number of hydrogen-bond donors (Lipinski definition) is 2. The molecule has 1 spiro atoms. The molecule has 2 N–H and O–H groups in total. The minimum Gasteiger partial charge on any atom is -0.377 e. The number of aliphatic imine (C=N–C) groups is 1. The van der Waals surface area contributed by atoms with Crippen molar-refractivity contribution in [2.24, 2.45) is 22.2 Å². The largest absolute Gasteiger partial charge is 0.377 e. The topological polar surface area (TPSA) is 45.7 Å². The maximum absolute atomic E-state index is 6.10. The van der Waals surface area contributed by atoms with E-state index < -0.39 is 0 Å². The molecule has 0 aromatic heterocycles. The second-order valence-electron chi connectivity index (χ2n) is 8.48. The summed E-state index contributed by atoms with van der Waals surface area (Å²) in [7, 11) is 1.92. The van der Waals surface area contributed by atoms with Crippen LogP contribution in [0.25, 0.3) is 0 Å². The summed E-state index contributed by atoms with van der Waals surface area (Å²) in [5, 5.41) is 7.53. The highest BCUT2D eigenvalue weighted by Crippen LogP contribution is 2.60. The van der Waals surface area contributed by atoms with Gasteiger partial charge in [-0.3, -0.25) is 4.99 Å². The first-order chi connectivity index (χ1) is 11.2. The zero-order valence-corrected chi connectivity index (χ0v) is 14.8. The highest BCUT2D eigenvalue weighted by Gasteiger charge is 2.65. The Balaban J connectivity index is 1.39. The van der Waals surface area contributed by atoms with Gasteiger partial charge in [0.05, 0.1) is 6.10 Å². The Morgan fingerprint density at radius 3 is 2.48 bits per heavy atom. The molecule has 0 amide bonds. The van der Waals surface area contributed by atoms with Crippen molar-refractivity contribution < 1.29 is 4.74 Å². The van der Waals surface area contributed by atoms with E-state index in [1.807, 2.05) is 7.05 Å². The number of ether oxygens (including phenoxy) is 1. The number of nitrogens with one attached hydrogen (secondary N) is 2. The summed E-state index contributed by atoms with van der Waals surface area (Å²) in [5.41, 5.74) is 0.403. The number of guanidine groups is 1. The Morgan fingerprint density at radius 2 is 1.78 bits per heavy atom. The summed E-state index contributed by atoms with van der Waals surface area (Å²) in [6.45, 7) is 3.34. The molecule has 1 aliphatic heterocycles. The molecule has 1 saturated heterocycles. The number of nitrogens with zero attached hydrogens (tertiary/aromatic N) is 1. The van der Waals surface area contributed by atoms with Crippen molar-refractivity contribution in [3.05, 3.63) is 0 Å². The molecule has 0 bridgehead atoms.